The number of ether oxygens (including phenoxy) is 1. The van der Waals surface area contributed by atoms with Gasteiger partial charge in [0.25, 0.3) is 0 Å². The summed E-state index contributed by atoms with van der Waals surface area (Å²) >= 11 is 8.09. The molecule has 1 aliphatic rings. The second-order valence-electron chi connectivity index (χ2n) is 7.14. The molecule has 152 valence electrons. The molecule has 0 radical (unpaired) electrons. The molecule has 2 aromatic carbocycles. The zero-order valence-electron chi connectivity index (χ0n) is 16.8. The lowest BCUT2D eigenvalue weighted by Gasteiger charge is -2.29. The van der Waals surface area contributed by atoms with Crippen LogP contribution in [0.15, 0.2) is 42.5 Å². The number of nitrogens with zero attached hydrogens (tertiary/aromatic N) is 4. The summed E-state index contributed by atoms with van der Waals surface area (Å²) in [5.41, 5.74) is 1.99. The van der Waals surface area contributed by atoms with Gasteiger partial charge in [-0.25, -0.2) is 4.98 Å². The van der Waals surface area contributed by atoms with E-state index in [4.69, 9.17) is 26.3 Å². The van der Waals surface area contributed by atoms with E-state index in [1.807, 2.05) is 50.0 Å². The number of fused-ring (bicyclic) bond motifs is 1. The van der Waals surface area contributed by atoms with E-state index < -0.39 is 0 Å². The zero-order chi connectivity index (χ0) is 20.2. The third-order valence-electron chi connectivity index (χ3n) is 5.05. The van der Waals surface area contributed by atoms with Crippen molar-refractivity contribution in [2.75, 3.05) is 54.6 Å². The minimum absolute atomic E-state index is 0.545. The molecule has 1 aromatic heterocycles. The smallest absolute Gasteiger partial charge is 0.227 e. The van der Waals surface area contributed by atoms with Crippen LogP contribution >= 0.6 is 23.4 Å². The molecular formula is C22H25ClN4OS. The van der Waals surface area contributed by atoms with E-state index in [9.17, 15) is 0 Å². The number of rotatable bonds is 6. The molecule has 4 rings (SSSR count). The monoisotopic (exact) mass is 428 g/mol. The van der Waals surface area contributed by atoms with Gasteiger partial charge >= 0.3 is 0 Å². The Morgan fingerprint density at radius 3 is 2.72 bits per heavy atom. The van der Waals surface area contributed by atoms with Crippen LogP contribution in [0.25, 0.3) is 10.9 Å². The first-order valence-electron chi connectivity index (χ1n) is 9.81. The summed E-state index contributed by atoms with van der Waals surface area (Å²) < 4.78 is 5.90. The predicted molar refractivity (Wildman–Crippen MR) is 124 cm³/mol. The van der Waals surface area contributed by atoms with Crippen molar-refractivity contribution in [3.05, 3.63) is 53.1 Å². The number of hydrogen-bond donors (Lipinski definition) is 0. The van der Waals surface area contributed by atoms with E-state index in [1.165, 1.54) is 0 Å². The highest BCUT2D eigenvalue weighted by Gasteiger charge is 2.18. The third kappa shape index (κ3) is 4.70. The molecule has 0 spiro atoms. The zero-order valence-corrected chi connectivity index (χ0v) is 18.3. The van der Waals surface area contributed by atoms with Crippen molar-refractivity contribution in [3.8, 4) is 5.75 Å². The van der Waals surface area contributed by atoms with Gasteiger partial charge in [-0.2, -0.15) is 16.7 Å². The minimum Gasteiger partial charge on any atom is -0.492 e. The molecule has 0 amide bonds. The number of thioether (sulfide) groups is 1. The van der Waals surface area contributed by atoms with Gasteiger partial charge < -0.3 is 14.5 Å². The molecule has 0 saturated carbocycles. The van der Waals surface area contributed by atoms with Crippen LogP contribution in [0.5, 0.6) is 5.75 Å². The van der Waals surface area contributed by atoms with E-state index in [2.05, 4.69) is 28.0 Å². The molecule has 0 N–H and O–H groups in total. The second kappa shape index (κ2) is 9.09. The van der Waals surface area contributed by atoms with Gasteiger partial charge in [-0.1, -0.05) is 23.7 Å². The van der Waals surface area contributed by atoms with Gasteiger partial charge in [0.1, 0.15) is 18.2 Å². The fraction of sp³-hybridized carbons (Fsp3) is 0.364. The first-order valence-corrected chi connectivity index (χ1v) is 11.3. The number of aromatic nitrogens is 2. The molecule has 0 bridgehead atoms. The number of aryl methyl sites for hydroxylation is 1. The van der Waals surface area contributed by atoms with E-state index in [0.717, 1.165) is 63.6 Å². The molecule has 3 aromatic rings. The molecule has 7 heteroatoms. The van der Waals surface area contributed by atoms with Crippen molar-refractivity contribution in [2.24, 2.45) is 0 Å². The average molecular weight is 429 g/mol. The van der Waals surface area contributed by atoms with Crippen molar-refractivity contribution in [1.29, 1.82) is 0 Å². The third-order valence-corrected chi connectivity index (χ3v) is 6.41. The van der Waals surface area contributed by atoms with E-state index in [0.29, 0.717) is 13.2 Å². The van der Waals surface area contributed by atoms with Gasteiger partial charge in [-0.15, -0.1) is 0 Å². The molecule has 1 saturated heterocycles. The standard InChI is InChI=1S/C22H25ClN4OS/c1-16-15-17(7-8-19(16)23)28-12-9-26(2)22-24-20-6-4-3-5-18(20)21(25-22)27-10-13-29-14-11-27/h3-8,15H,9-14H2,1-2H3. The highest BCUT2D eigenvalue weighted by molar-refractivity contribution is 7.99. The molecule has 29 heavy (non-hydrogen) atoms. The van der Waals surface area contributed by atoms with Gasteiger partial charge in [0, 0.05) is 42.1 Å². The lowest BCUT2D eigenvalue weighted by atomic mass is 10.2. The fourth-order valence-corrected chi connectivity index (χ4v) is 4.36. The number of benzene rings is 2. The first kappa shape index (κ1) is 20.1. The van der Waals surface area contributed by atoms with E-state index in [-0.39, 0.29) is 0 Å². The summed E-state index contributed by atoms with van der Waals surface area (Å²) in [6, 6.07) is 14.0. The van der Waals surface area contributed by atoms with E-state index in [1.54, 1.807) is 0 Å². The molecule has 2 heterocycles. The topological polar surface area (TPSA) is 41.5 Å². The summed E-state index contributed by atoms with van der Waals surface area (Å²) in [6.45, 7) is 5.26. The molecule has 0 unspecified atom stereocenters. The molecule has 1 fully saturated rings. The number of halogens is 1. The SMILES string of the molecule is Cc1cc(OCCN(C)c2nc(N3CCSCC3)c3ccccc3n2)ccc1Cl. The number of para-hydroxylation sites is 1. The Kier molecular flexibility index (Phi) is 6.31. The lowest BCUT2D eigenvalue weighted by molar-refractivity contribution is 0.325. The maximum atomic E-state index is 6.09. The molecule has 0 aliphatic carbocycles. The number of anilines is 2. The summed E-state index contributed by atoms with van der Waals surface area (Å²) in [5, 5.41) is 1.87. The quantitative estimate of drug-likeness (QED) is 0.568. The van der Waals surface area contributed by atoms with Gasteiger partial charge in [0.15, 0.2) is 0 Å². The Labute approximate surface area is 181 Å². The number of likely N-dealkylation sites (N-methyl/N-ethyl adjacent to an activating group) is 1. The van der Waals surface area contributed by atoms with E-state index >= 15 is 0 Å². The summed E-state index contributed by atoms with van der Waals surface area (Å²) in [4.78, 5) is 14.2. The Hall–Kier alpha value is -2.18. The van der Waals surface area contributed by atoms with Crippen LogP contribution in [0, 0.1) is 6.92 Å². The van der Waals surface area contributed by atoms with Crippen molar-refractivity contribution in [2.45, 2.75) is 6.92 Å². The van der Waals surface area contributed by atoms with Crippen LogP contribution in [0.4, 0.5) is 11.8 Å². The summed E-state index contributed by atoms with van der Waals surface area (Å²) in [5.74, 6) is 4.86. The lowest BCUT2D eigenvalue weighted by Crippen LogP contribution is -2.34. The van der Waals surface area contributed by atoms with Crippen molar-refractivity contribution >= 4 is 46.0 Å². The highest BCUT2D eigenvalue weighted by Crippen LogP contribution is 2.28. The van der Waals surface area contributed by atoms with Crippen LogP contribution < -0.4 is 14.5 Å². The summed E-state index contributed by atoms with van der Waals surface area (Å²) in [7, 11) is 2.01. The Bertz CT molecular complexity index is 994. The van der Waals surface area contributed by atoms with Crippen LogP contribution in [0.2, 0.25) is 5.02 Å². The van der Waals surface area contributed by atoms with Gasteiger partial charge in [-0.05, 0) is 42.8 Å². The predicted octanol–water partition coefficient (Wildman–Crippen LogP) is 4.66. The Balaban J connectivity index is 1.50. The van der Waals surface area contributed by atoms with Crippen LogP contribution in [0.3, 0.4) is 0 Å². The largest absolute Gasteiger partial charge is 0.492 e. The van der Waals surface area contributed by atoms with Gasteiger partial charge in [0.05, 0.1) is 12.1 Å². The fourth-order valence-electron chi connectivity index (χ4n) is 3.34. The molecule has 1 aliphatic heterocycles. The van der Waals surface area contributed by atoms with Crippen LogP contribution in [-0.2, 0) is 0 Å². The molecular weight excluding hydrogens is 404 g/mol. The van der Waals surface area contributed by atoms with Crippen LogP contribution in [-0.4, -0.2) is 54.8 Å². The first-order chi connectivity index (χ1) is 14.1. The van der Waals surface area contributed by atoms with Crippen molar-refractivity contribution in [3.63, 3.8) is 0 Å². The van der Waals surface area contributed by atoms with Crippen molar-refractivity contribution in [1.82, 2.24) is 9.97 Å². The Morgan fingerprint density at radius 2 is 1.93 bits per heavy atom. The van der Waals surface area contributed by atoms with Gasteiger partial charge in [-0.3, -0.25) is 0 Å². The normalized spacial score (nSPS) is 14.2. The van der Waals surface area contributed by atoms with Gasteiger partial charge in [0.2, 0.25) is 5.95 Å². The Morgan fingerprint density at radius 1 is 1.14 bits per heavy atom. The molecule has 0 atom stereocenters. The highest BCUT2D eigenvalue weighted by atomic mass is 35.5. The molecule has 5 nitrogen and oxygen atoms in total. The number of hydrogen-bond acceptors (Lipinski definition) is 6. The summed E-state index contributed by atoms with van der Waals surface area (Å²) in [6.07, 6.45) is 0. The maximum Gasteiger partial charge on any atom is 0.227 e. The second-order valence-corrected chi connectivity index (χ2v) is 8.78. The maximum absolute atomic E-state index is 6.09. The average Bonchev–Trinajstić information content (AvgIpc) is 2.76. The van der Waals surface area contributed by atoms with Crippen molar-refractivity contribution < 1.29 is 4.74 Å². The minimum atomic E-state index is 0.545. The van der Waals surface area contributed by atoms with Crippen LogP contribution in [0.1, 0.15) is 5.56 Å².